The number of fused-ring (bicyclic) bond motifs is 15. The van der Waals surface area contributed by atoms with Crippen LogP contribution in [0.1, 0.15) is 64.2 Å². The van der Waals surface area contributed by atoms with Crippen LogP contribution in [0.5, 0.6) is 0 Å². The first-order valence-electron chi connectivity index (χ1n) is 16.5. The minimum absolute atomic E-state index is 0.00200. The van der Waals surface area contributed by atoms with Crippen molar-refractivity contribution in [3.8, 4) is 0 Å². The summed E-state index contributed by atoms with van der Waals surface area (Å²) in [5.74, 6) is 0. The second-order valence-corrected chi connectivity index (χ2v) is 12.3. The molecule has 0 saturated carbocycles. The fourth-order valence-electron chi connectivity index (χ4n) is 5.87. The Labute approximate surface area is 244 Å². The van der Waals surface area contributed by atoms with Crippen molar-refractivity contribution in [2.45, 2.75) is 81.3 Å². The zero-order chi connectivity index (χ0) is 28.0. The summed E-state index contributed by atoms with van der Waals surface area (Å²) in [7, 11) is 0. The van der Waals surface area contributed by atoms with Crippen molar-refractivity contribution in [2.24, 2.45) is 9.98 Å². The quantitative estimate of drug-likeness (QED) is 0.0940. The van der Waals surface area contributed by atoms with Gasteiger partial charge in [0, 0.05) is 91.3 Å². The first-order valence-corrected chi connectivity index (χ1v) is 16.5. The monoisotopic (exact) mass is 563 g/mol. The third-order valence-electron chi connectivity index (χ3n) is 8.50. The maximum Gasteiger partial charge on any atom is 0.0843 e. The number of nitrogens with zero attached hydrogens (tertiary/aromatic N) is 2. The van der Waals surface area contributed by atoms with Gasteiger partial charge >= 0.3 is 0 Å². The lowest BCUT2D eigenvalue weighted by atomic mass is 9.96. The fraction of sp³-hybridized carbons (Fsp3) is 0.933. The minimum Gasteiger partial charge on any atom is -0.314 e. The van der Waals surface area contributed by atoms with E-state index in [-0.39, 0.29) is 11.1 Å². The molecule has 10 heteroatoms. The molecule has 3 fully saturated rings. The van der Waals surface area contributed by atoms with Crippen LogP contribution in [-0.2, 0) is 0 Å². The molecule has 0 aromatic carbocycles. The summed E-state index contributed by atoms with van der Waals surface area (Å²) >= 11 is 0. The van der Waals surface area contributed by atoms with E-state index in [1.54, 1.807) is 0 Å². The Balaban J connectivity index is 1.47. The van der Waals surface area contributed by atoms with E-state index < -0.39 is 0 Å². The van der Waals surface area contributed by atoms with Gasteiger partial charge in [0.05, 0.1) is 17.1 Å². The Morgan fingerprint density at radius 1 is 0.600 bits per heavy atom. The minimum atomic E-state index is -0.00200. The molecule has 0 radical (unpaired) electrons. The first kappa shape index (κ1) is 33.5. The fourth-order valence-corrected chi connectivity index (χ4v) is 5.87. The van der Waals surface area contributed by atoms with Gasteiger partial charge in [-0.05, 0) is 45.5 Å². The summed E-state index contributed by atoms with van der Waals surface area (Å²) in [5.41, 5.74) is 0.00157. The molecule has 4 rings (SSSR count). The zero-order valence-electron chi connectivity index (χ0n) is 25.4. The SMILES string of the molecule is C=NCCCCCCCNC12CNCCNCC(NCCCCCCC3C=N3)(CNCCNC1)CNCCNC2. The lowest BCUT2D eigenvalue weighted by Gasteiger charge is -2.39. The zero-order valence-corrected chi connectivity index (χ0v) is 25.4. The van der Waals surface area contributed by atoms with E-state index in [0.717, 1.165) is 98.2 Å². The molecule has 40 heavy (non-hydrogen) atoms. The molecule has 3 saturated heterocycles. The molecule has 4 heterocycles. The molecule has 0 aromatic heterocycles. The van der Waals surface area contributed by atoms with Crippen molar-refractivity contribution in [2.75, 3.05) is 98.2 Å². The average Bonchev–Trinajstić information content (AvgIpc) is 3.79. The van der Waals surface area contributed by atoms with E-state index >= 15 is 0 Å². The van der Waals surface area contributed by atoms with E-state index in [4.69, 9.17) is 0 Å². The molecule has 4 aliphatic rings. The molecule has 0 spiro atoms. The highest BCUT2D eigenvalue weighted by Crippen LogP contribution is 2.13. The Morgan fingerprint density at radius 3 is 1.38 bits per heavy atom. The van der Waals surface area contributed by atoms with Crippen molar-refractivity contribution in [1.29, 1.82) is 0 Å². The second kappa shape index (κ2) is 20.8. The lowest BCUT2D eigenvalue weighted by molar-refractivity contribution is 0.253. The van der Waals surface area contributed by atoms with Gasteiger partial charge in [-0.3, -0.25) is 4.99 Å². The van der Waals surface area contributed by atoms with Gasteiger partial charge in [-0.1, -0.05) is 38.5 Å². The number of aliphatic imine (C=N–C) groups is 2. The topological polar surface area (TPSA) is 121 Å². The second-order valence-electron chi connectivity index (χ2n) is 12.3. The van der Waals surface area contributed by atoms with Gasteiger partial charge in [-0.2, -0.15) is 0 Å². The lowest BCUT2D eigenvalue weighted by Crippen LogP contribution is -2.67. The summed E-state index contributed by atoms with van der Waals surface area (Å²) in [5, 5.41) is 30.6. The largest absolute Gasteiger partial charge is 0.314 e. The molecule has 4 aliphatic heterocycles. The molecule has 0 aromatic rings. The first-order chi connectivity index (χ1) is 19.8. The smallest absolute Gasteiger partial charge is 0.0843 e. The number of hydrogen-bond donors (Lipinski definition) is 8. The van der Waals surface area contributed by atoms with E-state index in [9.17, 15) is 0 Å². The van der Waals surface area contributed by atoms with Crippen LogP contribution in [0.2, 0.25) is 0 Å². The third-order valence-corrected chi connectivity index (χ3v) is 8.50. The van der Waals surface area contributed by atoms with Gasteiger partial charge in [-0.15, -0.1) is 0 Å². The molecular formula is C30H62N10. The Bertz CT molecular complexity index is 623. The van der Waals surface area contributed by atoms with Crippen molar-refractivity contribution < 1.29 is 0 Å². The predicted molar refractivity (Wildman–Crippen MR) is 172 cm³/mol. The van der Waals surface area contributed by atoms with Gasteiger partial charge in [0.1, 0.15) is 0 Å². The van der Waals surface area contributed by atoms with Crippen LogP contribution >= 0.6 is 0 Å². The predicted octanol–water partition coefficient (Wildman–Crippen LogP) is 0.263. The van der Waals surface area contributed by atoms with Crippen LogP contribution in [0.4, 0.5) is 0 Å². The van der Waals surface area contributed by atoms with Gasteiger partial charge < -0.3 is 47.5 Å². The Kier molecular flexibility index (Phi) is 17.5. The summed E-state index contributed by atoms with van der Waals surface area (Å²) in [6.45, 7) is 18.2. The molecule has 232 valence electrons. The maximum absolute atomic E-state index is 4.26. The molecule has 1 unspecified atom stereocenters. The number of unbranched alkanes of at least 4 members (excludes halogenated alkanes) is 7. The summed E-state index contributed by atoms with van der Waals surface area (Å²) in [4.78, 5) is 8.23. The van der Waals surface area contributed by atoms with Gasteiger partial charge in [0.2, 0.25) is 0 Å². The summed E-state index contributed by atoms with van der Waals surface area (Å²) in [6.07, 6.45) is 14.7. The molecule has 0 aliphatic carbocycles. The van der Waals surface area contributed by atoms with Gasteiger partial charge in [0.15, 0.2) is 0 Å². The van der Waals surface area contributed by atoms with Crippen LogP contribution in [0.25, 0.3) is 0 Å². The van der Waals surface area contributed by atoms with Gasteiger partial charge in [-0.25, -0.2) is 0 Å². The maximum atomic E-state index is 4.26. The normalized spacial score (nSPS) is 28.6. The number of rotatable bonds is 17. The third kappa shape index (κ3) is 14.8. The van der Waals surface area contributed by atoms with Crippen LogP contribution in [-0.4, -0.2) is 128 Å². The van der Waals surface area contributed by atoms with Crippen LogP contribution in [0.15, 0.2) is 9.98 Å². The number of hydrogen-bond acceptors (Lipinski definition) is 10. The van der Waals surface area contributed by atoms with Crippen LogP contribution in [0, 0.1) is 0 Å². The summed E-state index contributed by atoms with van der Waals surface area (Å²) < 4.78 is 0. The molecular weight excluding hydrogens is 500 g/mol. The van der Waals surface area contributed by atoms with Crippen LogP contribution < -0.4 is 42.5 Å². The Hall–Kier alpha value is -0.980. The van der Waals surface area contributed by atoms with Crippen molar-refractivity contribution in [3.05, 3.63) is 0 Å². The molecule has 0 amide bonds. The van der Waals surface area contributed by atoms with Crippen molar-refractivity contribution >= 4 is 12.9 Å². The van der Waals surface area contributed by atoms with Crippen LogP contribution in [0.3, 0.4) is 0 Å². The van der Waals surface area contributed by atoms with E-state index in [2.05, 4.69) is 65.5 Å². The standard InChI is InChI=1S/C30H62N10/c1-31-12-8-4-2-5-9-13-39-29-22-32-15-18-35-25-30(26-36-19-16-33-23-29,27-37-20-17-34-24-29)40-14-10-6-3-7-11-28-21-38-28/h21,28,32-37,39-40H,1-20,22-27H2. The molecule has 2 bridgehead atoms. The van der Waals surface area contributed by atoms with E-state index in [0.29, 0.717) is 6.04 Å². The highest BCUT2D eigenvalue weighted by molar-refractivity contribution is 5.77. The Morgan fingerprint density at radius 2 is 0.975 bits per heavy atom. The molecule has 8 N–H and O–H groups in total. The summed E-state index contributed by atoms with van der Waals surface area (Å²) in [6, 6.07) is 0.576. The number of nitrogens with one attached hydrogen (secondary N) is 8. The van der Waals surface area contributed by atoms with Crippen molar-refractivity contribution in [3.63, 3.8) is 0 Å². The molecule has 10 nitrogen and oxygen atoms in total. The van der Waals surface area contributed by atoms with E-state index in [1.165, 1.54) is 64.2 Å². The average molecular weight is 563 g/mol. The highest BCUT2D eigenvalue weighted by atomic mass is 15.2. The molecule has 1 atom stereocenters. The van der Waals surface area contributed by atoms with E-state index in [1.807, 2.05) is 0 Å². The van der Waals surface area contributed by atoms with Crippen molar-refractivity contribution in [1.82, 2.24) is 42.5 Å². The van der Waals surface area contributed by atoms with Gasteiger partial charge in [0.25, 0.3) is 0 Å². The highest BCUT2D eigenvalue weighted by Gasteiger charge is 2.31.